The Morgan fingerprint density at radius 2 is 2.08 bits per heavy atom. The molecular formula is C19H21N3O3S. The van der Waals surface area contributed by atoms with E-state index < -0.39 is 10.0 Å². The van der Waals surface area contributed by atoms with E-state index in [-0.39, 0.29) is 6.04 Å². The molecule has 3 aromatic rings. The molecule has 1 aliphatic carbocycles. The van der Waals surface area contributed by atoms with Crippen molar-refractivity contribution in [3.8, 4) is 5.75 Å². The SMILES string of the molecule is COc1ccc(S(=O)(=O)N(Cc2cnc3ccccn23)C2CC2)cc1C. The molecule has 2 aromatic heterocycles. The van der Waals surface area contributed by atoms with Gasteiger partial charge in [0.15, 0.2) is 0 Å². The number of ether oxygens (including phenoxy) is 1. The number of nitrogens with zero attached hydrogens (tertiary/aromatic N) is 3. The number of hydrogen-bond donors (Lipinski definition) is 0. The number of benzene rings is 1. The second kappa shape index (κ2) is 6.41. The van der Waals surface area contributed by atoms with Crippen molar-refractivity contribution in [2.45, 2.75) is 37.2 Å². The largest absolute Gasteiger partial charge is 0.496 e. The van der Waals surface area contributed by atoms with Crippen molar-refractivity contribution in [3.05, 3.63) is 60.0 Å². The maximum atomic E-state index is 13.3. The summed E-state index contributed by atoms with van der Waals surface area (Å²) in [6.45, 7) is 2.16. The lowest BCUT2D eigenvalue weighted by Crippen LogP contribution is -2.33. The fourth-order valence-corrected chi connectivity index (χ4v) is 4.92. The predicted octanol–water partition coefficient (Wildman–Crippen LogP) is 3.00. The molecule has 0 saturated heterocycles. The highest BCUT2D eigenvalue weighted by molar-refractivity contribution is 7.89. The van der Waals surface area contributed by atoms with Crippen LogP contribution in [0.1, 0.15) is 24.1 Å². The van der Waals surface area contributed by atoms with Crippen molar-refractivity contribution in [1.82, 2.24) is 13.7 Å². The highest BCUT2D eigenvalue weighted by Crippen LogP contribution is 2.34. The molecule has 4 rings (SSSR count). The first-order valence-corrected chi connectivity index (χ1v) is 10.0. The highest BCUT2D eigenvalue weighted by Gasteiger charge is 2.38. The number of sulfonamides is 1. The molecule has 26 heavy (non-hydrogen) atoms. The van der Waals surface area contributed by atoms with Crippen molar-refractivity contribution in [3.63, 3.8) is 0 Å². The Morgan fingerprint density at radius 1 is 1.27 bits per heavy atom. The third-order valence-electron chi connectivity index (χ3n) is 4.74. The maximum absolute atomic E-state index is 13.3. The number of imidazole rings is 1. The number of hydrogen-bond acceptors (Lipinski definition) is 4. The van der Waals surface area contributed by atoms with Crippen molar-refractivity contribution >= 4 is 15.7 Å². The highest BCUT2D eigenvalue weighted by atomic mass is 32.2. The summed E-state index contributed by atoms with van der Waals surface area (Å²) < 4.78 is 35.3. The number of rotatable bonds is 6. The van der Waals surface area contributed by atoms with E-state index in [0.29, 0.717) is 17.2 Å². The number of pyridine rings is 1. The number of fused-ring (bicyclic) bond motifs is 1. The summed E-state index contributed by atoms with van der Waals surface area (Å²) in [6, 6.07) is 10.8. The van der Waals surface area contributed by atoms with Gasteiger partial charge in [0, 0.05) is 12.2 Å². The van der Waals surface area contributed by atoms with E-state index in [1.54, 1.807) is 35.8 Å². The van der Waals surface area contributed by atoms with Crippen LogP contribution in [0.15, 0.2) is 53.7 Å². The molecule has 136 valence electrons. The molecule has 6 nitrogen and oxygen atoms in total. The Balaban J connectivity index is 1.71. The van der Waals surface area contributed by atoms with Gasteiger partial charge in [-0.3, -0.25) is 0 Å². The Morgan fingerprint density at radius 3 is 2.77 bits per heavy atom. The summed E-state index contributed by atoms with van der Waals surface area (Å²) in [4.78, 5) is 4.67. The van der Waals surface area contributed by atoms with Gasteiger partial charge in [-0.15, -0.1) is 0 Å². The van der Waals surface area contributed by atoms with Crippen LogP contribution in [-0.2, 0) is 16.6 Å². The molecule has 1 aliphatic rings. The van der Waals surface area contributed by atoms with Crippen molar-refractivity contribution in [2.24, 2.45) is 0 Å². The number of aromatic nitrogens is 2. The number of methoxy groups -OCH3 is 1. The minimum absolute atomic E-state index is 0.0525. The third-order valence-corrected chi connectivity index (χ3v) is 6.63. The first-order chi connectivity index (χ1) is 12.5. The molecule has 0 bridgehead atoms. The Kier molecular flexibility index (Phi) is 4.20. The first kappa shape index (κ1) is 17.1. The van der Waals surface area contributed by atoms with Gasteiger partial charge in [0.2, 0.25) is 10.0 Å². The molecule has 2 heterocycles. The summed E-state index contributed by atoms with van der Waals surface area (Å²) >= 11 is 0. The maximum Gasteiger partial charge on any atom is 0.243 e. The average Bonchev–Trinajstić information content (AvgIpc) is 3.39. The fraction of sp³-hybridized carbons (Fsp3) is 0.316. The van der Waals surface area contributed by atoms with Crippen LogP contribution in [0.5, 0.6) is 5.75 Å². The van der Waals surface area contributed by atoms with E-state index >= 15 is 0 Å². The third kappa shape index (κ3) is 2.97. The van der Waals surface area contributed by atoms with E-state index in [4.69, 9.17) is 4.74 Å². The van der Waals surface area contributed by atoms with Crippen LogP contribution < -0.4 is 4.74 Å². The molecule has 1 aromatic carbocycles. The molecular weight excluding hydrogens is 350 g/mol. The summed E-state index contributed by atoms with van der Waals surface area (Å²) in [6.07, 6.45) is 5.45. The molecule has 0 spiro atoms. The van der Waals surface area contributed by atoms with Gasteiger partial charge in [0.25, 0.3) is 0 Å². The standard InChI is InChI=1S/C19H21N3O3S/c1-14-11-17(8-9-18(14)25-2)26(23,24)22(15-6-7-15)13-16-12-20-19-5-3-4-10-21(16)19/h3-5,8-12,15H,6-7,13H2,1-2H3. The van der Waals surface area contributed by atoms with Crippen LogP contribution in [-0.4, -0.2) is 35.3 Å². The van der Waals surface area contributed by atoms with Crippen LogP contribution >= 0.6 is 0 Å². The Labute approximate surface area is 153 Å². The van der Waals surface area contributed by atoms with Crippen LogP contribution in [0.4, 0.5) is 0 Å². The minimum Gasteiger partial charge on any atom is -0.496 e. The van der Waals surface area contributed by atoms with Gasteiger partial charge in [-0.05, 0) is 55.7 Å². The molecule has 0 atom stereocenters. The molecule has 0 amide bonds. The van der Waals surface area contributed by atoms with Gasteiger partial charge in [-0.25, -0.2) is 13.4 Å². The summed E-state index contributed by atoms with van der Waals surface area (Å²) in [5.74, 6) is 0.684. The zero-order chi connectivity index (χ0) is 18.3. The topological polar surface area (TPSA) is 63.9 Å². The van der Waals surface area contributed by atoms with E-state index in [1.807, 2.05) is 35.7 Å². The average molecular weight is 371 g/mol. The van der Waals surface area contributed by atoms with Crippen molar-refractivity contribution in [1.29, 1.82) is 0 Å². The lowest BCUT2D eigenvalue weighted by atomic mass is 10.2. The molecule has 0 aliphatic heterocycles. The fourth-order valence-electron chi connectivity index (χ4n) is 3.18. The molecule has 0 radical (unpaired) electrons. The van der Waals surface area contributed by atoms with E-state index in [2.05, 4.69) is 4.98 Å². The zero-order valence-electron chi connectivity index (χ0n) is 14.8. The van der Waals surface area contributed by atoms with Crippen LogP contribution in [0.3, 0.4) is 0 Å². The van der Waals surface area contributed by atoms with E-state index in [1.165, 1.54) is 0 Å². The van der Waals surface area contributed by atoms with E-state index in [0.717, 1.165) is 29.7 Å². The quantitative estimate of drug-likeness (QED) is 0.668. The zero-order valence-corrected chi connectivity index (χ0v) is 15.6. The Bertz CT molecular complexity index is 1050. The monoisotopic (exact) mass is 371 g/mol. The second-order valence-electron chi connectivity index (χ2n) is 6.59. The van der Waals surface area contributed by atoms with Crippen LogP contribution in [0, 0.1) is 6.92 Å². The first-order valence-electron chi connectivity index (χ1n) is 8.58. The smallest absolute Gasteiger partial charge is 0.243 e. The van der Waals surface area contributed by atoms with Crippen molar-refractivity contribution in [2.75, 3.05) is 7.11 Å². The number of aryl methyl sites for hydroxylation is 1. The predicted molar refractivity (Wildman–Crippen MR) is 98.7 cm³/mol. The van der Waals surface area contributed by atoms with E-state index in [9.17, 15) is 8.42 Å². The van der Waals surface area contributed by atoms with Crippen LogP contribution in [0.25, 0.3) is 5.65 Å². The molecule has 1 saturated carbocycles. The lowest BCUT2D eigenvalue weighted by molar-refractivity contribution is 0.392. The lowest BCUT2D eigenvalue weighted by Gasteiger charge is -2.22. The minimum atomic E-state index is -3.59. The van der Waals surface area contributed by atoms with Gasteiger partial charge in [-0.1, -0.05) is 6.07 Å². The molecule has 0 N–H and O–H groups in total. The second-order valence-corrected chi connectivity index (χ2v) is 8.48. The summed E-state index contributed by atoms with van der Waals surface area (Å²) in [5, 5.41) is 0. The molecule has 0 unspecified atom stereocenters. The van der Waals surface area contributed by atoms with Gasteiger partial charge in [0.1, 0.15) is 11.4 Å². The van der Waals surface area contributed by atoms with Gasteiger partial charge in [0.05, 0.1) is 30.4 Å². The summed E-state index contributed by atoms with van der Waals surface area (Å²) in [7, 11) is -2.01. The molecule has 1 fully saturated rings. The normalized spacial score (nSPS) is 14.9. The summed E-state index contributed by atoms with van der Waals surface area (Å²) in [5.41, 5.74) is 2.48. The van der Waals surface area contributed by atoms with Gasteiger partial charge >= 0.3 is 0 Å². The van der Waals surface area contributed by atoms with Crippen molar-refractivity contribution < 1.29 is 13.2 Å². The molecule has 7 heteroatoms. The Hall–Kier alpha value is -2.38. The van der Waals surface area contributed by atoms with Gasteiger partial charge < -0.3 is 9.14 Å². The van der Waals surface area contributed by atoms with Crippen LogP contribution in [0.2, 0.25) is 0 Å². The van der Waals surface area contributed by atoms with Gasteiger partial charge in [-0.2, -0.15) is 4.31 Å².